The van der Waals surface area contributed by atoms with E-state index in [2.05, 4.69) is 77.6 Å². The molecule has 1 aliphatic heterocycles. The zero-order valence-corrected chi connectivity index (χ0v) is 16.6. The van der Waals surface area contributed by atoms with Crippen LogP contribution in [0.4, 0.5) is 0 Å². The molecule has 2 unspecified atom stereocenters. The number of Topliss-reactive ketones (excluding diaryl/α,β-unsaturated/α-hetero) is 1. The fraction of sp³-hybridized carbons (Fsp3) is 0.682. The SMILES string of the molecule is CC1CN(CC(C)(C)Cc2ccc(C(C)(C)C)cc2)CC(C)C1=O. The van der Waals surface area contributed by atoms with Gasteiger partial charge in [-0.3, -0.25) is 4.79 Å². The lowest BCUT2D eigenvalue weighted by molar-refractivity contribution is -0.130. The number of hydrogen-bond donors (Lipinski definition) is 0. The summed E-state index contributed by atoms with van der Waals surface area (Å²) in [6.07, 6.45) is 1.07. The highest BCUT2D eigenvalue weighted by molar-refractivity contribution is 5.83. The number of nitrogens with zero attached hydrogens (tertiary/aromatic N) is 1. The highest BCUT2D eigenvalue weighted by Crippen LogP contribution is 2.28. The van der Waals surface area contributed by atoms with Gasteiger partial charge in [-0.2, -0.15) is 0 Å². The van der Waals surface area contributed by atoms with Gasteiger partial charge < -0.3 is 4.90 Å². The first kappa shape index (κ1) is 19.2. The fourth-order valence-corrected chi connectivity index (χ4v) is 3.98. The number of rotatable bonds is 4. The molecule has 1 saturated heterocycles. The van der Waals surface area contributed by atoms with Gasteiger partial charge in [-0.25, -0.2) is 0 Å². The lowest BCUT2D eigenvalue weighted by atomic mass is 9.81. The topological polar surface area (TPSA) is 20.3 Å². The first-order valence-electron chi connectivity index (χ1n) is 9.33. The molecule has 1 fully saturated rings. The molecule has 1 aromatic carbocycles. The number of carbonyl (C=O) groups is 1. The zero-order chi connectivity index (χ0) is 18.1. The molecule has 2 heteroatoms. The number of ketones is 1. The smallest absolute Gasteiger partial charge is 0.141 e. The molecule has 0 bridgehead atoms. The third-order valence-corrected chi connectivity index (χ3v) is 5.19. The maximum atomic E-state index is 12.0. The minimum Gasteiger partial charge on any atom is -0.301 e. The van der Waals surface area contributed by atoms with Crippen LogP contribution in [0.5, 0.6) is 0 Å². The summed E-state index contributed by atoms with van der Waals surface area (Å²) in [5, 5.41) is 0. The van der Waals surface area contributed by atoms with Gasteiger partial charge in [0.2, 0.25) is 0 Å². The van der Waals surface area contributed by atoms with Gasteiger partial charge >= 0.3 is 0 Å². The summed E-state index contributed by atoms with van der Waals surface area (Å²) in [7, 11) is 0. The first-order valence-corrected chi connectivity index (χ1v) is 9.33. The van der Waals surface area contributed by atoms with Crippen LogP contribution in [-0.2, 0) is 16.6 Å². The Morgan fingerprint density at radius 3 is 1.92 bits per heavy atom. The van der Waals surface area contributed by atoms with Crippen molar-refractivity contribution < 1.29 is 4.79 Å². The molecule has 2 nitrogen and oxygen atoms in total. The lowest BCUT2D eigenvalue weighted by Crippen LogP contribution is -2.48. The van der Waals surface area contributed by atoms with Crippen molar-refractivity contribution in [2.45, 2.75) is 60.3 Å². The van der Waals surface area contributed by atoms with Gasteiger partial charge in [0, 0.05) is 31.5 Å². The molecule has 0 saturated carbocycles. The fourth-order valence-electron chi connectivity index (χ4n) is 3.98. The van der Waals surface area contributed by atoms with Crippen molar-refractivity contribution in [3.8, 4) is 0 Å². The molecule has 134 valence electrons. The third-order valence-electron chi connectivity index (χ3n) is 5.19. The highest BCUT2D eigenvalue weighted by atomic mass is 16.1. The van der Waals surface area contributed by atoms with Crippen LogP contribution in [0.3, 0.4) is 0 Å². The van der Waals surface area contributed by atoms with Crippen molar-refractivity contribution in [2.75, 3.05) is 19.6 Å². The highest BCUT2D eigenvalue weighted by Gasteiger charge is 2.32. The van der Waals surface area contributed by atoms with Crippen LogP contribution in [0.15, 0.2) is 24.3 Å². The van der Waals surface area contributed by atoms with E-state index in [1.165, 1.54) is 11.1 Å². The largest absolute Gasteiger partial charge is 0.301 e. The van der Waals surface area contributed by atoms with Crippen molar-refractivity contribution in [3.63, 3.8) is 0 Å². The maximum absolute atomic E-state index is 12.0. The quantitative estimate of drug-likeness (QED) is 0.797. The number of hydrogen-bond acceptors (Lipinski definition) is 2. The number of benzene rings is 1. The Morgan fingerprint density at radius 1 is 0.958 bits per heavy atom. The second-order valence-electron chi connectivity index (χ2n) is 9.69. The van der Waals surface area contributed by atoms with E-state index in [0.717, 1.165) is 26.1 Å². The summed E-state index contributed by atoms with van der Waals surface area (Å²) < 4.78 is 0. The maximum Gasteiger partial charge on any atom is 0.141 e. The Morgan fingerprint density at radius 2 is 1.46 bits per heavy atom. The van der Waals surface area contributed by atoms with Gasteiger partial charge in [-0.1, -0.05) is 72.7 Å². The van der Waals surface area contributed by atoms with Gasteiger partial charge in [-0.15, -0.1) is 0 Å². The summed E-state index contributed by atoms with van der Waals surface area (Å²) >= 11 is 0. The van der Waals surface area contributed by atoms with Crippen LogP contribution < -0.4 is 0 Å². The predicted molar refractivity (Wildman–Crippen MR) is 102 cm³/mol. The van der Waals surface area contributed by atoms with E-state index in [-0.39, 0.29) is 22.7 Å². The molecule has 24 heavy (non-hydrogen) atoms. The summed E-state index contributed by atoms with van der Waals surface area (Å²) in [4.78, 5) is 14.5. The van der Waals surface area contributed by atoms with E-state index in [1.807, 2.05) is 0 Å². The molecule has 0 N–H and O–H groups in total. The predicted octanol–water partition coefficient (Wildman–Crippen LogP) is 4.71. The van der Waals surface area contributed by atoms with Gasteiger partial charge in [0.1, 0.15) is 5.78 Å². The zero-order valence-electron chi connectivity index (χ0n) is 16.6. The van der Waals surface area contributed by atoms with E-state index in [1.54, 1.807) is 0 Å². The van der Waals surface area contributed by atoms with E-state index >= 15 is 0 Å². The van der Waals surface area contributed by atoms with Crippen molar-refractivity contribution in [1.29, 1.82) is 0 Å². The number of carbonyl (C=O) groups excluding carboxylic acids is 1. The standard InChI is InChI=1S/C22H35NO/c1-16-13-23(14-17(2)20(16)24)15-22(6,7)12-18-8-10-19(11-9-18)21(3,4)5/h8-11,16-17H,12-15H2,1-7H3. The molecule has 0 radical (unpaired) electrons. The van der Waals surface area contributed by atoms with Crippen molar-refractivity contribution in [1.82, 2.24) is 4.90 Å². The third kappa shape index (κ3) is 4.92. The van der Waals surface area contributed by atoms with E-state index in [0.29, 0.717) is 5.78 Å². The minimum atomic E-state index is 0.176. The van der Waals surface area contributed by atoms with E-state index in [9.17, 15) is 4.79 Å². The Labute approximate surface area is 148 Å². The van der Waals surface area contributed by atoms with Gasteiger partial charge in [0.15, 0.2) is 0 Å². The molecule has 0 spiro atoms. The van der Waals surface area contributed by atoms with E-state index < -0.39 is 0 Å². The Kier molecular flexibility index (Phi) is 5.59. The average molecular weight is 330 g/mol. The second-order valence-corrected chi connectivity index (χ2v) is 9.69. The van der Waals surface area contributed by atoms with Crippen LogP contribution in [0, 0.1) is 17.3 Å². The first-order chi connectivity index (χ1) is 11.0. The summed E-state index contributed by atoms with van der Waals surface area (Å²) in [6, 6.07) is 9.12. The molecule has 1 aromatic rings. The summed E-state index contributed by atoms with van der Waals surface area (Å²) in [5.41, 5.74) is 3.22. The molecule has 1 heterocycles. The number of likely N-dealkylation sites (tertiary alicyclic amines) is 1. The Balaban J connectivity index is 1.99. The van der Waals surface area contributed by atoms with Gasteiger partial charge in [0.25, 0.3) is 0 Å². The van der Waals surface area contributed by atoms with Gasteiger partial charge in [-0.05, 0) is 28.4 Å². The monoisotopic (exact) mass is 329 g/mol. The lowest BCUT2D eigenvalue weighted by Gasteiger charge is -2.39. The molecule has 0 aromatic heterocycles. The van der Waals surface area contributed by atoms with Crippen molar-refractivity contribution >= 4 is 5.78 Å². The van der Waals surface area contributed by atoms with E-state index in [4.69, 9.17) is 0 Å². The molecular weight excluding hydrogens is 294 g/mol. The van der Waals surface area contributed by atoms with Crippen LogP contribution in [-0.4, -0.2) is 30.3 Å². The van der Waals surface area contributed by atoms with Crippen LogP contribution >= 0.6 is 0 Å². The average Bonchev–Trinajstić information content (AvgIpc) is 2.43. The molecule has 0 aliphatic carbocycles. The molecule has 0 amide bonds. The van der Waals surface area contributed by atoms with Crippen LogP contribution in [0.25, 0.3) is 0 Å². The van der Waals surface area contributed by atoms with Crippen LogP contribution in [0.2, 0.25) is 0 Å². The summed E-state index contributed by atoms with van der Waals surface area (Å²) in [5.74, 6) is 0.785. The minimum absolute atomic E-state index is 0.176. The van der Waals surface area contributed by atoms with Gasteiger partial charge in [0.05, 0.1) is 0 Å². The Hall–Kier alpha value is -1.15. The van der Waals surface area contributed by atoms with Crippen molar-refractivity contribution in [2.24, 2.45) is 17.3 Å². The van der Waals surface area contributed by atoms with Crippen LogP contribution in [0.1, 0.15) is 59.6 Å². The summed E-state index contributed by atoms with van der Waals surface area (Å²) in [6.45, 7) is 18.5. The van der Waals surface area contributed by atoms with Crippen molar-refractivity contribution in [3.05, 3.63) is 35.4 Å². The molecule has 2 rings (SSSR count). The molecular formula is C22H35NO. The molecule has 2 atom stereocenters. The Bertz CT molecular complexity index is 551. The molecule has 1 aliphatic rings. The second kappa shape index (κ2) is 7.00. The number of piperidine rings is 1. The normalized spacial score (nSPS) is 23.5.